The van der Waals surface area contributed by atoms with Crippen molar-refractivity contribution in [1.82, 2.24) is 0 Å². The van der Waals surface area contributed by atoms with Gasteiger partial charge in [0.15, 0.2) is 0 Å². The lowest BCUT2D eigenvalue weighted by molar-refractivity contribution is -0.274. The molecule has 0 aliphatic rings. The van der Waals surface area contributed by atoms with Crippen LogP contribution in [0.5, 0.6) is 5.75 Å². The molecule has 0 spiro atoms. The van der Waals surface area contributed by atoms with Crippen molar-refractivity contribution < 1.29 is 17.9 Å². The zero-order valence-corrected chi connectivity index (χ0v) is 14.7. The lowest BCUT2D eigenvalue weighted by atomic mass is 9.77. The topological polar surface area (TPSA) is 35.2 Å². The van der Waals surface area contributed by atoms with Gasteiger partial charge in [0.2, 0.25) is 0 Å². The SMILES string of the molecule is CC#Cc1cc(OC(F)(F)F)cc(C(C)(C)c2cc(N)cc(Cl)c2)c1. The van der Waals surface area contributed by atoms with E-state index in [4.69, 9.17) is 17.3 Å². The molecule has 0 bridgehead atoms. The summed E-state index contributed by atoms with van der Waals surface area (Å²) in [4.78, 5) is 0. The average molecular weight is 368 g/mol. The molecule has 0 atom stereocenters. The highest BCUT2D eigenvalue weighted by atomic mass is 35.5. The molecule has 2 rings (SSSR count). The van der Waals surface area contributed by atoms with Crippen LogP contribution in [0.15, 0.2) is 36.4 Å². The number of nitrogen functional groups attached to an aromatic ring is 1. The maximum absolute atomic E-state index is 12.6. The van der Waals surface area contributed by atoms with E-state index in [-0.39, 0.29) is 5.75 Å². The number of rotatable bonds is 3. The Hall–Kier alpha value is -2.32. The van der Waals surface area contributed by atoms with Crippen molar-refractivity contribution in [3.8, 4) is 17.6 Å². The number of alkyl halides is 3. The molecule has 0 unspecified atom stereocenters. The van der Waals surface area contributed by atoms with E-state index in [1.807, 2.05) is 13.8 Å². The van der Waals surface area contributed by atoms with Crippen LogP contribution in [-0.4, -0.2) is 6.36 Å². The van der Waals surface area contributed by atoms with Gasteiger partial charge in [-0.2, -0.15) is 0 Å². The fourth-order valence-electron chi connectivity index (χ4n) is 2.51. The maximum atomic E-state index is 12.6. The van der Waals surface area contributed by atoms with Gasteiger partial charge in [-0.1, -0.05) is 31.4 Å². The molecule has 0 radical (unpaired) electrons. The molecule has 0 aliphatic heterocycles. The minimum atomic E-state index is -4.78. The molecule has 2 aromatic carbocycles. The van der Waals surface area contributed by atoms with Gasteiger partial charge in [0.25, 0.3) is 0 Å². The molecule has 25 heavy (non-hydrogen) atoms. The van der Waals surface area contributed by atoms with Gasteiger partial charge in [0.1, 0.15) is 5.75 Å². The molecule has 2 nitrogen and oxygen atoms in total. The summed E-state index contributed by atoms with van der Waals surface area (Å²) in [6.45, 7) is 5.35. The molecule has 6 heteroatoms. The van der Waals surface area contributed by atoms with Crippen LogP contribution in [0.4, 0.5) is 18.9 Å². The van der Waals surface area contributed by atoms with Crippen molar-refractivity contribution in [3.05, 3.63) is 58.1 Å². The van der Waals surface area contributed by atoms with Crippen LogP contribution in [0, 0.1) is 11.8 Å². The van der Waals surface area contributed by atoms with Crippen molar-refractivity contribution in [2.45, 2.75) is 32.5 Å². The Kier molecular flexibility index (Phi) is 5.24. The molecular formula is C19H17ClF3NO. The second-order valence-corrected chi connectivity index (χ2v) is 6.50. The Morgan fingerprint density at radius 1 is 1.00 bits per heavy atom. The summed E-state index contributed by atoms with van der Waals surface area (Å²) >= 11 is 6.07. The zero-order valence-electron chi connectivity index (χ0n) is 14.0. The number of ether oxygens (including phenoxy) is 1. The molecule has 0 saturated heterocycles. The number of anilines is 1. The smallest absolute Gasteiger partial charge is 0.406 e. The predicted molar refractivity (Wildman–Crippen MR) is 93.7 cm³/mol. The van der Waals surface area contributed by atoms with Gasteiger partial charge in [0.05, 0.1) is 0 Å². The summed E-state index contributed by atoms with van der Waals surface area (Å²) in [6, 6.07) is 9.44. The van der Waals surface area contributed by atoms with Gasteiger partial charge < -0.3 is 10.5 Å². The van der Waals surface area contributed by atoms with E-state index in [1.54, 1.807) is 31.2 Å². The predicted octanol–water partition coefficient (Wildman–Crippen LogP) is 5.52. The second kappa shape index (κ2) is 6.89. The van der Waals surface area contributed by atoms with E-state index >= 15 is 0 Å². The van der Waals surface area contributed by atoms with Gasteiger partial charge in [-0.05, 0) is 54.4 Å². The lowest BCUT2D eigenvalue weighted by Crippen LogP contribution is -2.21. The first-order valence-electron chi connectivity index (χ1n) is 7.42. The van der Waals surface area contributed by atoms with Gasteiger partial charge in [-0.3, -0.25) is 0 Å². The third-order valence-electron chi connectivity index (χ3n) is 3.77. The van der Waals surface area contributed by atoms with E-state index < -0.39 is 11.8 Å². The number of halogens is 4. The molecular weight excluding hydrogens is 351 g/mol. The molecule has 0 fully saturated rings. The molecule has 2 N–H and O–H groups in total. The average Bonchev–Trinajstić information content (AvgIpc) is 2.44. The van der Waals surface area contributed by atoms with Gasteiger partial charge >= 0.3 is 6.36 Å². The lowest BCUT2D eigenvalue weighted by Gasteiger charge is -2.27. The minimum Gasteiger partial charge on any atom is -0.406 e. The van der Waals surface area contributed by atoms with E-state index in [0.29, 0.717) is 21.8 Å². The Morgan fingerprint density at radius 2 is 1.64 bits per heavy atom. The van der Waals surface area contributed by atoms with Crippen LogP contribution in [0.25, 0.3) is 0 Å². The molecule has 132 valence electrons. The number of hydrogen-bond donors (Lipinski definition) is 1. The van der Waals surface area contributed by atoms with Crippen molar-refractivity contribution in [2.24, 2.45) is 0 Å². The third kappa shape index (κ3) is 4.83. The summed E-state index contributed by atoms with van der Waals surface area (Å²) < 4.78 is 42.0. The maximum Gasteiger partial charge on any atom is 0.573 e. The third-order valence-corrected chi connectivity index (χ3v) is 3.99. The fourth-order valence-corrected chi connectivity index (χ4v) is 2.75. The monoisotopic (exact) mass is 367 g/mol. The van der Waals surface area contributed by atoms with Crippen LogP contribution in [0.3, 0.4) is 0 Å². The molecule has 0 aromatic heterocycles. The Morgan fingerprint density at radius 3 is 2.20 bits per heavy atom. The van der Waals surface area contributed by atoms with E-state index in [9.17, 15) is 13.2 Å². The van der Waals surface area contributed by atoms with Crippen LogP contribution >= 0.6 is 11.6 Å². The van der Waals surface area contributed by atoms with Crippen LogP contribution < -0.4 is 10.5 Å². The van der Waals surface area contributed by atoms with E-state index in [2.05, 4.69) is 16.6 Å². The molecule has 0 heterocycles. The molecule has 2 aromatic rings. The molecule has 0 saturated carbocycles. The first-order chi connectivity index (χ1) is 11.5. The number of nitrogens with two attached hydrogens (primary N) is 1. The zero-order chi connectivity index (χ0) is 18.8. The number of benzene rings is 2. The van der Waals surface area contributed by atoms with Crippen molar-refractivity contribution in [3.63, 3.8) is 0 Å². The summed E-state index contributed by atoms with van der Waals surface area (Å²) in [5, 5.41) is 0.458. The van der Waals surface area contributed by atoms with E-state index in [0.717, 1.165) is 5.56 Å². The Bertz CT molecular complexity index is 828. The van der Waals surface area contributed by atoms with Crippen molar-refractivity contribution in [1.29, 1.82) is 0 Å². The normalized spacial score (nSPS) is 11.6. The summed E-state index contributed by atoms with van der Waals surface area (Å²) in [6.07, 6.45) is -4.78. The summed E-state index contributed by atoms with van der Waals surface area (Å²) in [7, 11) is 0. The second-order valence-electron chi connectivity index (χ2n) is 6.07. The summed E-state index contributed by atoms with van der Waals surface area (Å²) in [5.41, 5.74) is 7.48. The van der Waals surface area contributed by atoms with Crippen LogP contribution in [-0.2, 0) is 5.41 Å². The van der Waals surface area contributed by atoms with Crippen molar-refractivity contribution in [2.75, 3.05) is 5.73 Å². The molecule has 0 amide bonds. The highest BCUT2D eigenvalue weighted by molar-refractivity contribution is 6.30. The largest absolute Gasteiger partial charge is 0.573 e. The van der Waals surface area contributed by atoms with Gasteiger partial charge in [-0.25, -0.2) is 0 Å². The van der Waals surface area contributed by atoms with Gasteiger partial charge in [0, 0.05) is 21.7 Å². The highest BCUT2D eigenvalue weighted by Crippen LogP contribution is 2.37. The van der Waals surface area contributed by atoms with Crippen LogP contribution in [0.2, 0.25) is 5.02 Å². The van der Waals surface area contributed by atoms with E-state index in [1.165, 1.54) is 12.1 Å². The molecule has 0 aliphatic carbocycles. The minimum absolute atomic E-state index is 0.314. The number of hydrogen-bond acceptors (Lipinski definition) is 2. The first kappa shape index (κ1) is 19.0. The quantitative estimate of drug-likeness (QED) is 0.572. The summed E-state index contributed by atoms with van der Waals surface area (Å²) in [5.74, 6) is 5.14. The fraction of sp³-hybridized carbons (Fsp3) is 0.263. The Balaban J connectivity index is 2.59. The van der Waals surface area contributed by atoms with Crippen LogP contribution in [0.1, 0.15) is 37.5 Å². The highest BCUT2D eigenvalue weighted by Gasteiger charge is 2.32. The standard InChI is InChI=1S/C19H17ClF3NO/c1-4-5-12-6-13(10-17(7-12)25-19(21,22)23)18(2,3)14-8-15(20)11-16(24)9-14/h6-11H,24H2,1-3H3. The van der Waals surface area contributed by atoms with Crippen molar-refractivity contribution >= 4 is 17.3 Å². The first-order valence-corrected chi connectivity index (χ1v) is 7.79. The van der Waals surface area contributed by atoms with Gasteiger partial charge in [-0.15, -0.1) is 19.1 Å². The Labute approximate surface area is 149 Å².